The van der Waals surface area contributed by atoms with Gasteiger partial charge in [-0.05, 0) is 25.7 Å². The minimum Gasteiger partial charge on any atom is -0.542 e. The number of aromatic amines is 1. The number of imidazole rings is 1. The van der Waals surface area contributed by atoms with E-state index in [0.29, 0.717) is 0 Å². The van der Waals surface area contributed by atoms with E-state index in [4.69, 9.17) is 0 Å². The molecule has 4 nitrogen and oxygen atoms in total. The average molecular weight is 371 g/mol. The molecule has 146 valence electrons. The van der Waals surface area contributed by atoms with Gasteiger partial charge < -0.3 is 14.9 Å². The van der Waals surface area contributed by atoms with Crippen LogP contribution in [0, 0.1) is 0 Å². The lowest BCUT2D eigenvalue weighted by molar-refractivity contribution is -0.256. The first kappa shape index (κ1) is 24.1. The van der Waals surface area contributed by atoms with Crippen molar-refractivity contribution in [2.45, 2.75) is 79.1 Å². The standard InChI is InChI=1S/C16H36P.C4H4N2O2/c1-5-9-13-17(14-10-6-2,15-11-7-3)16-12-8-4;7-4(8)3-5-1-2-6-3/h5-16H2,1-4H3;1-2H,(H,5,6)(H,7,8)/q+1;/p-1. The molecule has 0 atom stereocenters. The van der Waals surface area contributed by atoms with E-state index in [1.807, 2.05) is 0 Å². The Morgan fingerprint density at radius 3 is 1.52 bits per heavy atom. The summed E-state index contributed by atoms with van der Waals surface area (Å²) < 4.78 is 0. The monoisotopic (exact) mass is 370 g/mol. The largest absolute Gasteiger partial charge is 0.542 e. The summed E-state index contributed by atoms with van der Waals surface area (Å²) in [5, 5.41) is 9.86. The van der Waals surface area contributed by atoms with Gasteiger partial charge in [0, 0.05) is 19.7 Å². The number of nitrogens with one attached hydrogen (secondary N) is 1. The number of H-pyrrole nitrogens is 1. The number of unbranched alkanes of at least 4 members (excludes halogenated alkanes) is 4. The van der Waals surface area contributed by atoms with E-state index in [2.05, 4.69) is 37.7 Å². The third-order valence-corrected chi connectivity index (χ3v) is 9.70. The molecular formula is C20H39N2O2P. The molecule has 0 saturated carbocycles. The summed E-state index contributed by atoms with van der Waals surface area (Å²) in [6.07, 6.45) is 20.7. The number of carboxylic acids is 1. The highest BCUT2D eigenvalue weighted by molar-refractivity contribution is 7.75. The summed E-state index contributed by atoms with van der Waals surface area (Å²) in [5.74, 6) is -1.42. The molecular weight excluding hydrogens is 331 g/mol. The molecule has 0 aliphatic heterocycles. The molecule has 0 spiro atoms. The molecule has 0 unspecified atom stereocenters. The molecule has 1 aromatic heterocycles. The minimum absolute atomic E-state index is 0.134. The van der Waals surface area contributed by atoms with E-state index in [1.165, 1.54) is 63.8 Å². The fourth-order valence-corrected chi connectivity index (χ4v) is 8.31. The van der Waals surface area contributed by atoms with Crippen molar-refractivity contribution in [2.75, 3.05) is 24.6 Å². The molecule has 0 aliphatic carbocycles. The summed E-state index contributed by atoms with van der Waals surface area (Å²) in [6.45, 7) is 9.42. The van der Waals surface area contributed by atoms with Gasteiger partial charge in [-0.1, -0.05) is 53.4 Å². The highest BCUT2D eigenvalue weighted by Crippen LogP contribution is 2.61. The number of hydrogen-bond donors (Lipinski definition) is 1. The van der Waals surface area contributed by atoms with Crippen molar-refractivity contribution in [2.24, 2.45) is 0 Å². The lowest BCUT2D eigenvalue weighted by Gasteiger charge is -2.28. The van der Waals surface area contributed by atoms with Crippen LogP contribution < -0.4 is 5.11 Å². The van der Waals surface area contributed by atoms with Crippen LogP contribution in [0.2, 0.25) is 0 Å². The van der Waals surface area contributed by atoms with Crippen molar-refractivity contribution in [1.29, 1.82) is 0 Å². The van der Waals surface area contributed by atoms with Crippen molar-refractivity contribution < 1.29 is 9.90 Å². The SMILES string of the molecule is CCCC[P+](CCCC)(CCCC)CCCC.O=C([O-])c1ncc[nH]1. The number of hydrogen-bond acceptors (Lipinski definition) is 3. The molecule has 0 saturated heterocycles. The zero-order chi connectivity index (χ0) is 19.0. The number of aromatic nitrogens is 2. The van der Waals surface area contributed by atoms with Gasteiger partial charge in [-0.2, -0.15) is 0 Å². The molecule has 25 heavy (non-hydrogen) atoms. The van der Waals surface area contributed by atoms with Crippen LogP contribution in [-0.4, -0.2) is 40.6 Å². The van der Waals surface area contributed by atoms with Crippen LogP contribution in [0.3, 0.4) is 0 Å². The molecule has 0 radical (unpaired) electrons. The fourth-order valence-electron chi connectivity index (χ4n) is 3.02. The van der Waals surface area contributed by atoms with E-state index in [9.17, 15) is 9.90 Å². The maximum atomic E-state index is 9.86. The number of carbonyl (C=O) groups excluding carboxylic acids is 1. The van der Waals surface area contributed by atoms with Gasteiger partial charge in [0.15, 0.2) is 5.82 Å². The fraction of sp³-hybridized carbons (Fsp3) is 0.800. The van der Waals surface area contributed by atoms with Crippen molar-refractivity contribution in [3.8, 4) is 0 Å². The Bertz CT molecular complexity index is 384. The first-order valence-electron chi connectivity index (χ1n) is 10.1. The summed E-state index contributed by atoms with van der Waals surface area (Å²) in [7, 11) is -0.562. The van der Waals surface area contributed by atoms with Gasteiger partial charge in [0.1, 0.15) is 5.97 Å². The van der Waals surface area contributed by atoms with Gasteiger partial charge in [0.25, 0.3) is 0 Å². The topological polar surface area (TPSA) is 68.8 Å². The highest BCUT2D eigenvalue weighted by atomic mass is 31.2. The summed E-state index contributed by atoms with van der Waals surface area (Å²) >= 11 is 0. The molecule has 5 heteroatoms. The van der Waals surface area contributed by atoms with Crippen LogP contribution in [0.5, 0.6) is 0 Å². The molecule has 1 aromatic rings. The van der Waals surface area contributed by atoms with Crippen molar-refractivity contribution in [1.82, 2.24) is 9.97 Å². The predicted molar refractivity (Wildman–Crippen MR) is 109 cm³/mol. The molecule has 1 heterocycles. The maximum absolute atomic E-state index is 9.86. The smallest absolute Gasteiger partial charge is 0.152 e. The third-order valence-electron chi connectivity index (χ3n) is 4.64. The zero-order valence-electron chi connectivity index (χ0n) is 16.9. The van der Waals surface area contributed by atoms with Gasteiger partial charge in [0.2, 0.25) is 0 Å². The third kappa shape index (κ3) is 11.4. The maximum Gasteiger partial charge on any atom is 0.152 e. The summed E-state index contributed by atoms with van der Waals surface area (Å²) in [5.41, 5.74) is 0. The van der Waals surface area contributed by atoms with Crippen LogP contribution in [0.4, 0.5) is 0 Å². The Balaban J connectivity index is 0.000000593. The van der Waals surface area contributed by atoms with E-state index in [0.717, 1.165) is 0 Å². The van der Waals surface area contributed by atoms with Crippen LogP contribution in [0.15, 0.2) is 12.4 Å². The molecule has 0 bridgehead atoms. The van der Waals surface area contributed by atoms with Gasteiger partial charge in [-0.25, -0.2) is 4.98 Å². The Labute approximate surface area is 155 Å². The molecule has 1 rings (SSSR count). The Hall–Kier alpha value is -0.890. The van der Waals surface area contributed by atoms with Gasteiger partial charge in [-0.3, -0.25) is 0 Å². The molecule has 0 fully saturated rings. The normalized spacial score (nSPS) is 11.0. The van der Waals surface area contributed by atoms with Crippen LogP contribution in [-0.2, 0) is 0 Å². The summed E-state index contributed by atoms with van der Waals surface area (Å²) in [6, 6.07) is 0. The van der Waals surface area contributed by atoms with Crippen molar-refractivity contribution in [3.05, 3.63) is 18.2 Å². The molecule has 0 aromatic carbocycles. The lowest BCUT2D eigenvalue weighted by Crippen LogP contribution is -2.23. The first-order valence-corrected chi connectivity index (χ1v) is 12.6. The lowest BCUT2D eigenvalue weighted by atomic mass is 10.4. The van der Waals surface area contributed by atoms with Crippen LogP contribution in [0.25, 0.3) is 0 Å². The number of carboxylic acid groups (broad SMARTS) is 1. The highest BCUT2D eigenvalue weighted by Gasteiger charge is 2.34. The Kier molecular flexibility index (Phi) is 14.8. The van der Waals surface area contributed by atoms with E-state index in [-0.39, 0.29) is 5.82 Å². The van der Waals surface area contributed by atoms with Gasteiger partial charge in [-0.15, -0.1) is 0 Å². The number of rotatable bonds is 13. The van der Waals surface area contributed by atoms with E-state index in [1.54, 1.807) is 24.6 Å². The minimum atomic E-state index is -1.28. The quantitative estimate of drug-likeness (QED) is 0.498. The first-order chi connectivity index (χ1) is 12.0. The van der Waals surface area contributed by atoms with E-state index >= 15 is 0 Å². The second kappa shape index (κ2) is 15.4. The van der Waals surface area contributed by atoms with E-state index < -0.39 is 13.2 Å². The second-order valence-electron chi connectivity index (χ2n) is 6.88. The Morgan fingerprint density at radius 2 is 1.32 bits per heavy atom. The molecule has 0 amide bonds. The van der Waals surface area contributed by atoms with Crippen LogP contribution in [0.1, 0.15) is 89.7 Å². The van der Waals surface area contributed by atoms with Crippen molar-refractivity contribution in [3.63, 3.8) is 0 Å². The second-order valence-corrected chi connectivity index (χ2v) is 11.3. The average Bonchev–Trinajstić information content (AvgIpc) is 3.16. The number of aromatic carboxylic acids is 1. The predicted octanol–water partition coefficient (Wildman–Crippen LogP) is 4.98. The molecule has 0 aliphatic rings. The summed E-state index contributed by atoms with van der Waals surface area (Å²) in [4.78, 5) is 15.6. The number of carbonyl (C=O) groups is 1. The van der Waals surface area contributed by atoms with Crippen molar-refractivity contribution >= 4 is 13.2 Å². The van der Waals surface area contributed by atoms with Gasteiger partial charge in [0.05, 0.1) is 24.6 Å². The number of nitrogens with zero attached hydrogens (tertiary/aromatic N) is 1. The molecule has 1 N–H and O–H groups in total. The zero-order valence-corrected chi connectivity index (χ0v) is 17.7. The van der Waals surface area contributed by atoms with Gasteiger partial charge >= 0.3 is 0 Å². The van der Waals surface area contributed by atoms with Crippen LogP contribution >= 0.6 is 7.26 Å². The Morgan fingerprint density at radius 1 is 0.920 bits per heavy atom.